The van der Waals surface area contributed by atoms with Gasteiger partial charge in [-0.05, 0) is 31.4 Å². The average molecular weight is 561 g/mol. The molecule has 1 aromatic rings. The third kappa shape index (κ3) is 8.00. The van der Waals surface area contributed by atoms with Gasteiger partial charge in [0, 0.05) is 58.6 Å². The summed E-state index contributed by atoms with van der Waals surface area (Å²) in [6.07, 6.45) is 2.41. The number of aliphatic imine (C=N–C) groups is 1. The molecular formula is C23H41IN6O2. The molecule has 2 aliphatic rings. The molecule has 3 unspecified atom stereocenters. The van der Waals surface area contributed by atoms with Crippen LogP contribution in [0.1, 0.15) is 33.3 Å². The van der Waals surface area contributed by atoms with Gasteiger partial charge in [-0.15, -0.1) is 24.0 Å². The second-order valence-electron chi connectivity index (χ2n) is 8.95. The fourth-order valence-electron chi connectivity index (χ4n) is 4.38. The Morgan fingerprint density at radius 3 is 2.41 bits per heavy atom. The van der Waals surface area contributed by atoms with Crippen molar-refractivity contribution in [2.24, 2.45) is 10.9 Å². The van der Waals surface area contributed by atoms with Gasteiger partial charge in [0.15, 0.2) is 5.96 Å². The van der Waals surface area contributed by atoms with E-state index in [4.69, 9.17) is 9.47 Å². The highest BCUT2D eigenvalue weighted by atomic mass is 127. The second-order valence-corrected chi connectivity index (χ2v) is 8.95. The van der Waals surface area contributed by atoms with Crippen molar-refractivity contribution in [3.63, 3.8) is 0 Å². The van der Waals surface area contributed by atoms with Crippen LogP contribution < -0.4 is 15.5 Å². The maximum absolute atomic E-state index is 5.82. The number of nitrogens with zero attached hydrogens (tertiary/aromatic N) is 4. The Kier molecular flexibility index (Phi) is 11.4. The molecule has 0 aliphatic carbocycles. The smallest absolute Gasteiger partial charge is 0.191 e. The fraction of sp³-hybridized carbons (Fsp3) is 0.739. The Labute approximate surface area is 210 Å². The van der Waals surface area contributed by atoms with E-state index in [0.717, 1.165) is 63.3 Å². The minimum absolute atomic E-state index is 0. The lowest BCUT2D eigenvalue weighted by molar-refractivity contribution is -0.00546. The first-order chi connectivity index (χ1) is 15.0. The van der Waals surface area contributed by atoms with Crippen LogP contribution in [0.2, 0.25) is 0 Å². The molecule has 2 fully saturated rings. The van der Waals surface area contributed by atoms with Crippen LogP contribution in [-0.4, -0.2) is 87.1 Å². The number of ether oxygens (including phenoxy) is 2. The summed E-state index contributed by atoms with van der Waals surface area (Å²) < 4.78 is 11.3. The maximum atomic E-state index is 5.82. The summed E-state index contributed by atoms with van der Waals surface area (Å²) in [6.45, 7) is 15.7. The zero-order valence-corrected chi connectivity index (χ0v) is 22.5. The molecule has 3 heterocycles. The Balaban J connectivity index is 0.00000363. The Morgan fingerprint density at radius 1 is 1.16 bits per heavy atom. The average Bonchev–Trinajstić information content (AvgIpc) is 2.76. The molecule has 0 radical (unpaired) electrons. The van der Waals surface area contributed by atoms with E-state index < -0.39 is 0 Å². The Morgan fingerprint density at radius 2 is 1.84 bits per heavy atom. The van der Waals surface area contributed by atoms with Crippen molar-refractivity contribution in [1.29, 1.82) is 0 Å². The maximum Gasteiger partial charge on any atom is 0.191 e. The first kappa shape index (κ1) is 27.1. The molecule has 2 saturated heterocycles. The van der Waals surface area contributed by atoms with Gasteiger partial charge in [0.2, 0.25) is 0 Å². The van der Waals surface area contributed by atoms with Crippen molar-refractivity contribution in [3.8, 4) is 0 Å². The summed E-state index contributed by atoms with van der Waals surface area (Å²) in [5.41, 5.74) is 1.13. The van der Waals surface area contributed by atoms with E-state index in [1.54, 1.807) is 0 Å². The van der Waals surface area contributed by atoms with Crippen molar-refractivity contribution in [1.82, 2.24) is 20.5 Å². The number of hydrogen-bond acceptors (Lipinski definition) is 6. The van der Waals surface area contributed by atoms with Crippen LogP contribution in [0.3, 0.4) is 0 Å². The molecule has 3 rings (SSSR count). The number of pyridine rings is 1. The SMILES string of the molecule is CN=C(NCc1ccc(N2CC(C)OC(C)C2)nc1)NCC(C(C)C)N1CCOCC1.I. The zero-order chi connectivity index (χ0) is 22.2. The van der Waals surface area contributed by atoms with Gasteiger partial charge < -0.3 is 25.0 Å². The van der Waals surface area contributed by atoms with Crippen molar-refractivity contribution < 1.29 is 9.47 Å². The van der Waals surface area contributed by atoms with E-state index in [1.165, 1.54) is 0 Å². The number of guanidine groups is 1. The molecule has 8 nitrogen and oxygen atoms in total. The first-order valence-corrected chi connectivity index (χ1v) is 11.6. The lowest BCUT2D eigenvalue weighted by atomic mass is 10.0. The van der Waals surface area contributed by atoms with E-state index in [0.29, 0.717) is 18.5 Å². The number of morpholine rings is 2. The molecule has 0 bridgehead atoms. The van der Waals surface area contributed by atoms with Crippen molar-refractivity contribution in [3.05, 3.63) is 23.9 Å². The summed E-state index contributed by atoms with van der Waals surface area (Å²) in [5, 5.41) is 6.92. The number of aromatic nitrogens is 1. The fourth-order valence-corrected chi connectivity index (χ4v) is 4.38. The molecule has 0 saturated carbocycles. The van der Waals surface area contributed by atoms with Crippen LogP contribution in [0.5, 0.6) is 0 Å². The van der Waals surface area contributed by atoms with Crippen molar-refractivity contribution >= 4 is 35.8 Å². The molecular weight excluding hydrogens is 519 g/mol. The molecule has 32 heavy (non-hydrogen) atoms. The van der Waals surface area contributed by atoms with Gasteiger partial charge in [-0.25, -0.2) is 4.98 Å². The van der Waals surface area contributed by atoms with Crippen molar-refractivity contribution in [2.75, 3.05) is 57.9 Å². The van der Waals surface area contributed by atoms with Crippen LogP contribution >= 0.6 is 24.0 Å². The van der Waals surface area contributed by atoms with Gasteiger partial charge >= 0.3 is 0 Å². The van der Waals surface area contributed by atoms with Gasteiger partial charge in [-0.3, -0.25) is 9.89 Å². The summed E-state index contributed by atoms with van der Waals surface area (Å²) >= 11 is 0. The molecule has 2 aliphatic heterocycles. The molecule has 0 amide bonds. The van der Waals surface area contributed by atoms with E-state index >= 15 is 0 Å². The van der Waals surface area contributed by atoms with E-state index in [1.807, 2.05) is 13.2 Å². The van der Waals surface area contributed by atoms with E-state index in [9.17, 15) is 0 Å². The van der Waals surface area contributed by atoms with Gasteiger partial charge in [0.1, 0.15) is 5.82 Å². The minimum Gasteiger partial charge on any atom is -0.379 e. The summed E-state index contributed by atoms with van der Waals surface area (Å²) in [5.74, 6) is 2.39. The zero-order valence-electron chi connectivity index (χ0n) is 20.2. The highest BCUT2D eigenvalue weighted by Crippen LogP contribution is 2.18. The van der Waals surface area contributed by atoms with E-state index in [2.05, 4.69) is 70.2 Å². The molecule has 1 aromatic heterocycles. The standard InChI is InChI=1S/C23H40N6O2.HI/c1-17(2)21(28-8-10-30-11-9-28)14-27-23(24-5)26-13-20-6-7-22(25-12-20)29-15-18(3)31-19(4)16-29;/h6-7,12,17-19,21H,8-11,13-16H2,1-5H3,(H2,24,26,27);1H. The Hall–Kier alpha value is -1.17. The molecule has 3 atom stereocenters. The molecule has 2 N–H and O–H groups in total. The minimum atomic E-state index is 0. The lowest BCUT2D eigenvalue weighted by Gasteiger charge is -2.37. The number of rotatable bonds is 7. The first-order valence-electron chi connectivity index (χ1n) is 11.6. The quantitative estimate of drug-likeness (QED) is 0.301. The van der Waals surface area contributed by atoms with Gasteiger partial charge in [-0.2, -0.15) is 0 Å². The Bertz CT molecular complexity index is 686. The predicted octanol–water partition coefficient (Wildman–Crippen LogP) is 2.34. The van der Waals surface area contributed by atoms with E-state index in [-0.39, 0.29) is 36.2 Å². The monoisotopic (exact) mass is 560 g/mol. The summed E-state index contributed by atoms with van der Waals surface area (Å²) in [6, 6.07) is 4.70. The normalized spacial score (nSPS) is 23.6. The molecule has 0 spiro atoms. The second kappa shape index (κ2) is 13.5. The van der Waals surface area contributed by atoms with Gasteiger partial charge in [0.25, 0.3) is 0 Å². The van der Waals surface area contributed by atoms with Crippen LogP contribution in [0, 0.1) is 5.92 Å². The van der Waals surface area contributed by atoms with Crippen LogP contribution in [0.25, 0.3) is 0 Å². The van der Waals surface area contributed by atoms with Crippen LogP contribution in [0.15, 0.2) is 23.3 Å². The van der Waals surface area contributed by atoms with Crippen LogP contribution in [-0.2, 0) is 16.0 Å². The predicted molar refractivity (Wildman–Crippen MR) is 141 cm³/mol. The number of halogens is 1. The van der Waals surface area contributed by atoms with Gasteiger partial charge in [-0.1, -0.05) is 19.9 Å². The third-order valence-electron chi connectivity index (χ3n) is 6.00. The molecule has 182 valence electrons. The van der Waals surface area contributed by atoms with Gasteiger partial charge in [0.05, 0.1) is 25.4 Å². The highest BCUT2D eigenvalue weighted by molar-refractivity contribution is 14.0. The summed E-state index contributed by atoms with van der Waals surface area (Å²) in [7, 11) is 1.82. The van der Waals surface area contributed by atoms with Crippen LogP contribution in [0.4, 0.5) is 5.82 Å². The molecule has 9 heteroatoms. The number of hydrogen-bond donors (Lipinski definition) is 2. The number of anilines is 1. The largest absolute Gasteiger partial charge is 0.379 e. The number of nitrogens with one attached hydrogen (secondary N) is 2. The van der Waals surface area contributed by atoms with Crippen molar-refractivity contribution in [2.45, 2.75) is 52.5 Å². The highest BCUT2D eigenvalue weighted by Gasteiger charge is 2.24. The molecule has 0 aromatic carbocycles. The summed E-state index contributed by atoms with van der Waals surface area (Å²) in [4.78, 5) is 13.9. The third-order valence-corrected chi connectivity index (χ3v) is 6.00. The lowest BCUT2D eigenvalue weighted by Crippen LogP contribution is -2.52. The topological polar surface area (TPSA) is 74.2 Å².